The lowest BCUT2D eigenvalue weighted by molar-refractivity contribution is -0.127. The molecule has 5 saturated carbocycles. The van der Waals surface area contributed by atoms with Crippen molar-refractivity contribution >= 4 is 68.6 Å². The Morgan fingerprint density at radius 1 is 0.702 bits per heavy atom. The highest BCUT2D eigenvalue weighted by molar-refractivity contribution is 8.15. The van der Waals surface area contributed by atoms with E-state index < -0.39 is 0 Å². The van der Waals surface area contributed by atoms with Crippen LogP contribution < -0.4 is 10.6 Å². The van der Waals surface area contributed by atoms with Gasteiger partial charge in [0.2, 0.25) is 11.8 Å². The molecule has 7 nitrogen and oxygen atoms in total. The minimum absolute atomic E-state index is 0.0686. The van der Waals surface area contributed by atoms with E-state index in [-0.39, 0.29) is 58.7 Å². The lowest BCUT2D eigenvalue weighted by atomic mass is 9.81. The molecule has 11 heteroatoms. The summed E-state index contributed by atoms with van der Waals surface area (Å²) in [7, 11) is 0. The van der Waals surface area contributed by atoms with Gasteiger partial charge in [0.25, 0.3) is 0 Å². The number of hydrogen-bond donors (Lipinski definition) is 2. The highest BCUT2D eigenvalue weighted by atomic mass is 35.5. The van der Waals surface area contributed by atoms with Gasteiger partial charge in [0.1, 0.15) is 0 Å². The molecule has 0 spiro atoms. The molecule has 262 valence electrons. The monoisotopic (exact) mass is 724 g/mol. The molecule has 2 N–H and O–H groups in total. The van der Waals surface area contributed by atoms with Crippen molar-refractivity contribution < 1.29 is 14.3 Å². The molecule has 10 atom stereocenters. The van der Waals surface area contributed by atoms with E-state index in [4.69, 9.17) is 37.9 Å². The summed E-state index contributed by atoms with van der Waals surface area (Å²) in [5, 5.41) is 10.4. The normalized spacial score (nSPS) is 45.3. The van der Waals surface area contributed by atoms with Gasteiger partial charge >= 0.3 is 0 Å². The number of rotatable bonds is 7. The van der Waals surface area contributed by atoms with Crippen molar-refractivity contribution in [1.82, 2.24) is 10.6 Å². The molecule has 2 heterocycles. The number of ether oxygens (including phenoxy) is 1. The van der Waals surface area contributed by atoms with Gasteiger partial charge in [-0.15, -0.1) is 46.7 Å². The van der Waals surface area contributed by atoms with Crippen molar-refractivity contribution in [3.8, 4) is 0 Å². The molecule has 7 aliphatic rings. The van der Waals surface area contributed by atoms with E-state index in [1.54, 1.807) is 0 Å². The maximum atomic E-state index is 13.4. The summed E-state index contributed by atoms with van der Waals surface area (Å²) in [5.74, 6) is 1.20. The summed E-state index contributed by atoms with van der Waals surface area (Å²) in [6, 6.07) is 1.37. The van der Waals surface area contributed by atoms with Crippen LogP contribution in [0.2, 0.25) is 0 Å². The first-order chi connectivity index (χ1) is 22.7. The molecule has 47 heavy (non-hydrogen) atoms. The van der Waals surface area contributed by atoms with Gasteiger partial charge in [0.05, 0.1) is 40.3 Å². The minimum Gasteiger partial charge on any atom is -0.375 e. The Bertz CT molecular complexity index is 1210. The summed E-state index contributed by atoms with van der Waals surface area (Å²) in [6.07, 6.45) is 16.2. The van der Waals surface area contributed by atoms with Crippen LogP contribution in [0, 0.1) is 23.7 Å². The standard InChI is InChI=1S/C36H54Cl2N4O3S2/c1-19-3-4-21(15-28(19)37)34(43)40-23-6-10-25(11-7-23)45-26-12-8-24(9-13-26)41-35(44)27-14-5-22(16-29(27)38)36-42-31-18-32-30(17-33(31)47-36)39-20(2)46-32/h19,21-33H,3-18H2,1-2H3,(H,40,43)(H,41,44). The number of amides is 2. The Kier molecular flexibility index (Phi) is 11.5. The summed E-state index contributed by atoms with van der Waals surface area (Å²) in [4.78, 5) is 36.3. The largest absolute Gasteiger partial charge is 0.375 e. The molecule has 0 saturated heterocycles. The van der Waals surface area contributed by atoms with Gasteiger partial charge in [-0.3, -0.25) is 19.6 Å². The maximum Gasteiger partial charge on any atom is 0.224 e. The summed E-state index contributed by atoms with van der Waals surface area (Å²) in [5.41, 5.74) is 0. The van der Waals surface area contributed by atoms with Gasteiger partial charge in [-0.1, -0.05) is 6.92 Å². The molecule has 0 aromatic carbocycles. The highest BCUT2D eigenvalue weighted by Crippen LogP contribution is 2.48. The number of fused-ring (bicyclic) bond motifs is 2. The van der Waals surface area contributed by atoms with Gasteiger partial charge in [-0.25, -0.2) is 0 Å². The van der Waals surface area contributed by atoms with E-state index in [0.717, 1.165) is 103 Å². The average molecular weight is 726 g/mol. The third kappa shape index (κ3) is 8.37. The third-order valence-corrected chi connectivity index (χ3v) is 16.2. The summed E-state index contributed by atoms with van der Waals surface area (Å²) in [6.45, 7) is 4.33. The fraction of sp³-hybridized carbons (Fsp3) is 0.889. The second-order valence-electron chi connectivity index (χ2n) is 15.8. The molecule has 5 fully saturated rings. The second kappa shape index (κ2) is 15.4. The number of hydrogen-bond acceptors (Lipinski definition) is 7. The number of aliphatic imine (C=N–C) groups is 2. The predicted molar refractivity (Wildman–Crippen MR) is 196 cm³/mol. The van der Waals surface area contributed by atoms with Crippen LogP contribution in [0.1, 0.15) is 117 Å². The molecule has 0 aromatic rings. The van der Waals surface area contributed by atoms with E-state index in [1.807, 2.05) is 23.5 Å². The SMILES string of the molecule is CC1=NC2CC3SC(C4CCC(C(=O)NC5CCC(OC6CCC(NC(=O)C7CCC(C)C(Cl)C7)CC6)CC5)C(Cl)C4)=NC3CC2S1. The minimum atomic E-state index is -0.134. The Morgan fingerprint density at radius 3 is 1.96 bits per heavy atom. The Morgan fingerprint density at radius 2 is 1.32 bits per heavy atom. The zero-order chi connectivity index (χ0) is 32.7. The van der Waals surface area contributed by atoms with E-state index in [1.165, 1.54) is 10.1 Å². The van der Waals surface area contributed by atoms with Gasteiger partial charge in [0, 0.05) is 45.2 Å². The van der Waals surface area contributed by atoms with Crippen LogP contribution in [-0.2, 0) is 14.3 Å². The summed E-state index contributed by atoms with van der Waals surface area (Å²) < 4.78 is 6.55. The number of nitrogens with one attached hydrogen (secondary N) is 2. The predicted octanol–water partition coefficient (Wildman–Crippen LogP) is 7.50. The zero-order valence-corrected chi connectivity index (χ0v) is 31.2. The molecule has 7 rings (SSSR count). The van der Waals surface area contributed by atoms with E-state index in [0.29, 0.717) is 34.4 Å². The average Bonchev–Trinajstić information content (AvgIpc) is 3.64. The van der Waals surface area contributed by atoms with Crippen LogP contribution >= 0.6 is 46.7 Å². The van der Waals surface area contributed by atoms with Crippen LogP contribution in [0.4, 0.5) is 0 Å². The second-order valence-corrected chi connectivity index (χ2v) is 19.6. The van der Waals surface area contributed by atoms with E-state index in [9.17, 15) is 9.59 Å². The molecule has 10 unspecified atom stereocenters. The van der Waals surface area contributed by atoms with Crippen molar-refractivity contribution in [1.29, 1.82) is 0 Å². The fourth-order valence-electron chi connectivity index (χ4n) is 9.38. The molecule has 5 aliphatic carbocycles. The topological polar surface area (TPSA) is 92.1 Å². The van der Waals surface area contributed by atoms with Crippen molar-refractivity contribution in [2.75, 3.05) is 0 Å². The zero-order valence-electron chi connectivity index (χ0n) is 28.1. The Balaban J connectivity index is 0.784. The van der Waals surface area contributed by atoms with Crippen LogP contribution in [0.3, 0.4) is 0 Å². The lowest BCUT2D eigenvalue weighted by Gasteiger charge is -2.37. The Hall–Kier alpha value is -0.480. The van der Waals surface area contributed by atoms with Crippen molar-refractivity contribution in [3.63, 3.8) is 0 Å². The number of nitrogens with zero attached hydrogens (tertiary/aromatic N) is 2. The van der Waals surface area contributed by atoms with Gasteiger partial charge in [-0.2, -0.15) is 0 Å². The first-order valence-electron chi connectivity index (χ1n) is 18.7. The first kappa shape index (κ1) is 34.9. The number of carbonyl (C=O) groups excluding carboxylic acids is 2. The number of halogens is 2. The fourth-order valence-corrected chi connectivity index (χ4v) is 13.0. The Labute approximate surface area is 300 Å². The molecule has 0 bridgehead atoms. The number of carbonyl (C=O) groups is 2. The number of alkyl halides is 2. The molecule has 0 radical (unpaired) electrons. The first-order valence-corrected chi connectivity index (χ1v) is 21.3. The van der Waals surface area contributed by atoms with Gasteiger partial charge in [0.15, 0.2) is 0 Å². The van der Waals surface area contributed by atoms with Crippen LogP contribution in [-0.4, -0.2) is 79.5 Å². The van der Waals surface area contributed by atoms with E-state index >= 15 is 0 Å². The van der Waals surface area contributed by atoms with E-state index in [2.05, 4.69) is 24.5 Å². The molecule has 0 aromatic heterocycles. The molecule has 2 amide bonds. The smallest absolute Gasteiger partial charge is 0.224 e. The van der Waals surface area contributed by atoms with Crippen LogP contribution in [0.5, 0.6) is 0 Å². The van der Waals surface area contributed by atoms with Crippen molar-refractivity contribution in [3.05, 3.63) is 0 Å². The molecular weight excluding hydrogens is 671 g/mol. The molecule has 2 aliphatic heterocycles. The van der Waals surface area contributed by atoms with Crippen molar-refractivity contribution in [2.45, 2.75) is 174 Å². The van der Waals surface area contributed by atoms with Gasteiger partial charge < -0.3 is 15.4 Å². The summed E-state index contributed by atoms with van der Waals surface area (Å²) >= 11 is 17.3. The highest BCUT2D eigenvalue weighted by Gasteiger charge is 2.46. The maximum absolute atomic E-state index is 13.4. The van der Waals surface area contributed by atoms with Crippen LogP contribution in [0.25, 0.3) is 0 Å². The third-order valence-electron chi connectivity index (χ3n) is 12.4. The quantitative estimate of drug-likeness (QED) is 0.266. The lowest BCUT2D eigenvalue weighted by Crippen LogP contribution is -2.46. The van der Waals surface area contributed by atoms with Gasteiger partial charge in [-0.05, 0) is 116 Å². The molecular formula is C36H54Cl2N4O3S2. The number of thioether (sulfide) groups is 2. The van der Waals surface area contributed by atoms with Crippen molar-refractivity contribution in [2.24, 2.45) is 33.7 Å². The van der Waals surface area contributed by atoms with Crippen LogP contribution in [0.15, 0.2) is 9.98 Å².